The molecule has 1 aromatic carbocycles. The zero-order chi connectivity index (χ0) is 24.0. The Morgan fingerprint density at radius 1 is 1.24 bits per heavy atom. The molecule has 2 aromatic rings. The van der Waals surface area contributed by atoms with Crippen LogP contribution >= 0.6 is 0 Å². The molecular formula is C23H27F5N4O. The number of halogens is 5. The molecule has 0 radical (unpaired) electrons. The Morgan fingerprint density at radius 2 is 2.00 bits per heavy atom. The Kier molecular flexibility index (Phi) is 6.24. The smallest absolute Gasteiger partial charge is 0.369 e. The summed E-state index contributed by atoms with van der Waals surface area (Å²) >= 11 is 0. The van der Waals surface area contributed by atoms with E-state index in [-0.39, 0.29) is 36.9 Å². The van der Waals surface area contributed by atoms with Gasteiger partial charge in [-0.25, -0.2) is 8.78 Å². The summed E-state index contributed by atoms with van der Waals surface area (Å²) in [5, 5.41) is 3.27. The van der Waals surface area contributed by atoms with Gasteiger partial charge in [-0.05, 0) is 50.2 Å². The van der Waals surface area contributed by atoms with Gasteiger partial charge in [-0.3, -0.25) is 9.78 Å². The third-order valence-corrected chi connectivity index (χ3v) is 6.72. The molecule has 0 spiro atoms. The van der Waals surface area contributed by atoms with Crippen molar-refractivity contribution >= 4 is 22.5 Å². The minimum atomic E-state index is -4.52. The van der Waals surface area contributed by atoms with E-state index in [2.05, 4.69) is 10.3 Å². The highest BCUT2D eigenvalue weighted by atomic mass is 19.4. The minimum Gasteiger partial charge on any atom is -0.369 e. The Bertz CT molecular complexity index is 1030. The van der Waals surface area contributed by atoms with Crippen LogP contribution in [0, 0.1) is 11.8 Å². The van der Waals surface area contributed by atoms with Gasteiger partial charge in [0.15, 0.2) is 0 Å². The van der Waals surface area contributed by atoms with Gasteiger partial charge in [-0.1, -0.05) is 6.92 Å². The fourth-order valence-corrected chi connectivity index (χ4v) is 4.91. The fourth-order valence-electron chi connectivity index (χ4n) is 4.91. The van der Waals surface area contributed by atoms with Crippen molar-refractivity contribution in [2.24, 2.45) is 11.8 Å². The molecule has 0 aliphatic carbocycles. The largest absolute Gasteiger partial charge is 0.418 e. The lowest BCUT2D eigenvalue weighted by Gasteiger charge is -2.36. The number of aromatic nitrogens is 1. The van der Waals surface area contributed by atoms with Crippen LogP contribution in [-0.2, 0) is 11.0 Å². The van der Waals surface area contributed by atoms with E-state index in [4.69, 9.17) is 0 Å². The first-order chi connectivity index (χ1) is 15.5. The molecular weight excluding hydrogens is 443 g/mol. The van der Waals surface area contributed by atoms with Crippen LogP contribution in [-0.4, -0.2) is 61.0 Å². The number of nitrogens with one attached hydrogen (secondary N) is 1. The molecule has 0 unspecified atom stereocenters. The van der Waals surface area contributed by atoms with E-state index in [0.29, 0.717) is 30.7 Å². The average molecular weight is 470 g/mol. The summed E-state index contributed by atoms with van der Waals surface area (Å²) in [5.41, 5.74) is -0.304. The van der Waals surface area contributed by atoms with Crippen molar-refractivity contribution in [1.82, 2.24) is 15.2 Å². The van der Waals surface area contributed by atoms with Gasteiger partial charge in [0.2, 0.25) is 5.91 Å². The van der Waals surface area contributed by atoms with Crippen molar-refractivity contribution in [3.63, 3.8) is 0 Å². The van der Waals surface area contributed by atoms with E-state index in [1.54, 1.807) is 24.1 Å². The average Bonchev–Trinajstić information content (AvgIpc) is 3.08. The van der Waals surface area contributed by atoms with Gasteiger partial charge < -0.3 is 15.1 Å². The second-order valence-corrected chi connectivity index (χ2v) is 9.27. The molecule has 1 amide bonds. The van der Waals surface area contributed by atoms with Crippen molar-refractivity contribution in [3.8, 4) is 0 Å². The highest BCUT2D eigenvalue weighted by Crippen LogP contribution is 2.39. The maximum atomic E-state index is 14.3. The number of rotatable bonds is 4. The summed E-state index contributed by atoms with van der Waals surface area (Å²) in [4.78, 5) is 20.0. The van der Waals surface area contributed by atoms with Gasteiger partial charge in [0, 0.05) is 42.7 Å². The lowest BCUT2D eigenvalue weighted by molar-refractivity contribution is -0.136. The van der Waals surface area contributed by atoms with Crippen LogP contribution in [0.2, 0.25) is 0 Å². The predicted octanol–water partition coefficient (Wildman–Crippen LogP) is 4.17. The molecule has 1 aromatic heterocycles. The summed E-state index contributed by atoms with van der Waals surface area (Å²) in [7, 11) is 1.64. The Balaban J connectivity index is 1.47. The van der Waals surface area contributed by atoms with E-state index in [9.17, 15) is 26.7 Å². The second kappa shape index (κ2) is 8.70. The van der Waals surface area contributed by atoms with Crippen LogP contribution in [0.25, 0.3) is 10.9 Å². The number of hydrogen-bond acceptors (Lipinski definition) is 4. The Morgan fingerprint density at radius 3 is 2.70 bits per heavy atom. The van der Waals surface area contributed by atoms with Gasteiger partial charge in [-0.15, -0.1) is 0 Å². The lowest BCUT2D eigenvalue weighted by atomic mass is 9.89. The summed E-state index contributed by atoms with van der Waals surface area (Å²) in [6.07, 6.45) is -3.17. The molecule has 10 heteroatoms. The molecule has 0 bridgehead atoms. The van der Waals surface area contributed by atoms with E-state index in [1.807, 2.05) is 11.8 Å². The van der Waals surface area contributed by atoms with Crippen molar-refractivity contribution in [3.05, 3.63) is 36.0 Å². The van der Waals surface area contributed by atoms with Crippen LogP contribution in [0.15, 0.2) is 30.5 Å². The van der Waals surface area contributed by atoms with Gasteiger partial charge in [0.1, 0.15) is 0 Å². The van der Waals surface area contributed by atoms with Crippen molar-refractivity contribution in [2.75, 3.05) is 38.1 Å². The van der Waals surface area contributed by atoms with Crippen LogP contribution in [0.5, 0.6) is 0 Å². The van der Waals surface area contributed by atoms with Crippen molar-refractivity contribution in [2.45, 2.75) is 37.9 Å². The number of anilines is 1. The van der Waals surface area contributed by atoms with E-state index in [0.717, 1.165) is 6.07 Å². The van der Waals surface area contributed by atoms with Gasteiger partial charge in [0.25, 0.3) is 5.92 Å². The summed E-state index contributed by atoms with van der Waals surface area (Å²) in [5.74, 6) is -4.32. The normalized spacial score (nSPS) is 26.0. The van der Waals surface area contributed by atoms with Gasteiger partial charge in [-0.2, -0.15) is 13.2 Å². The number of piperidine rings is 1. The second-order valence-electron chi connectivity index (χ2n) is 9.27. The molecule has 3 atom stereocenters. The minimum absolute atomic E-state index is 0.000892. The Labute approximate surface area is 188 Å². The number of amides is 1. The Hall–Kier alpha value is -2.49. The van der Waals surface area contributed by atoms with Crippen LogP contribution in [0.3, 0.4) is 0 Å². The first-order valence-electron chi connectivity index (χ1n) is 11.0. The number of carbonyl (C=O) groups excluding carboxylic acids is 1. The number of fused-ring (bicyclic) bond motifs is 1. The van der Waals surface area contributed by atoms with E-state index < -0.39 is 29.5 Å². The number of nitrogens with zero attached hydrogens (tertiary/aromatic N) is 3. The molecule has 0 saturated carbocycles. The van der Waals surface area contributed by atoms with Crippen LogP contribution < -0.4 is 10.2 Å². The quantitative estimate of drug-likeness (QED) is 0.682. The predicted molar refractivity (Wildman–Crippen MR) is 115 cm³/mol. The molecule has 4 rings (SSSR count). The summed E-state index contributed by atoms with van der Waals surface area (Å²) < 4.78 is 68.8. The molecule has 2 saturated heterocycles. The molecule has 2 aliphatic heterocycles. The van der Waals surface area contributed by atoms with Crippen LogP contribution in [0.1, 0.15) is 25.3 Å². The number of carbonyl (C=O) groups is 1. The van der Waals surface area contributed by atoms with Gasteiger partial charge in [0.05, 0.1) is 23.7 Å². The maximum Gasteiger partial charge on any atom is 0.418 e. The number of hydrogen-bond donors (Lipinski definition) is 1. The number of likely N-dealkylation sites (tertiary alicyclic amines) is 1. The summed E-state index contributed by atoms with van der Waals surface area (Å²) in [6.45, 7) is 3.00. The summed E-state index contributed by atoms with van der Waals surface area (Å²) in [6, 6.07) is 5.37. The lowest BCUT2D eigenvalue weighted by Crippen LogP contribution is -2.49. The van der Waals surface area contributed by atoms with Crippen molar-refractivity contribution in [1.29, 1.82) is 0 Å². The molecule has 1 N–H and O–H groups in total. The zero-order valence-corrected chi connectivity index (χ0v) is 18.5. The van der Waals surface area contributed by atoms with Crippen molar-refractivity contribution < 1.29 is 26.7 Å². The molecule has 5 nitrogen and oxygen atoms in total. The highest BCUT2D eigenvalue weighted by molar-refractivity contribution is 5.94. The number of benzene rings is 1. The fraction of sp³-hybridized carbons (Fsp3) is 0.565. The van der Waals surface area contributed by atoms with Gasteiger partial charge >= 0.3 is 6.18 Å². The molecule has 2 fully saturated rings. The van der Waals surface area contributed by atoms with Crippen LogP contribution in [0.4, 0.5) is 27.6 Å². The maximum absolute atomic E-state index is 14.3. The first kappa shape index (κ1) is 23.7. The topological polar surface area (TPSA) is 48.5 Å². The highest BCUT2D eigenvalue weighted by Gasteiger charge is 2.45. The van der Waals surface area contributed by atoms with E-state index >= 15 is 0 Å². The standard InChI is InChI=1S/C23H27F5N4O/c1-14-11-32(19-6-5-17(23(26,27)28)21-16(19)4-3-8-29-21)12-18(14)30-20(33)10-15-7-9-31(2)13-22(15,24)25/h3-6,8,14-15,18H,7,9-13H2,1-2H3,(H,30,33)/t14-,15-,18+/m1/s1. The molecule has 2 aliphatic rings. The molecule has 3 heterocycles. The number of alkyl halides is 5. The monoisotopic (exact) mass is 470 g/mol. The SMILES string of the molecule is C[C@@H]1CN(c2ccc(C(F)(F)F)c3ncccc23)C[C@@H]1NC(=O)C[C@H]1CCN(C)CC1(F)F. The zero-order valence-electron chi connectivity index (χ0n) is 18.5. The third-order valence-electron chi connectivity index (χ3n) is 6.72. The number of pyridine rings is 1. The van der Waals surface area contributed by atoms with E-state index in [1.165, 1.54) is 12.3 Å². The first-order valence-corrected chi connectivity index (χ1v) is 11.0. The third kappa shape index (κ3) is 4.90. The molecule has 33 heavy (non-hydrogen) atoms. The molecule has 180 valence electrons.